The van der Waals surface area contributed by atoms with Crippen LogP contribution in [0.3, 0.4) is 0 Å². The number of benzene rings is 3. The summed E-state index contributed by atoms with van der Waals surface area (Å²) in [5, 5.41) is 14.1. The van der Waals surface area contributed by atoms with Crippen molar-refractivity contribution in [3.8, 4) is 17.2 Å². The number of aromatic hydroxyl groups is 1. The van der Waals surface area contributed by atoms with E-state index in [1.54, 1.807) is 32.0 Å². The van der Waals surface area contributed by atoms with E-state index < -0.39 is 0 Å². The summed E-state index contributed by atoms with van der Waals surface area (Å²) in [5.41, 5.74) is 2.51. The van der Waals surface area contributed by atoms with Crippen LogP contribution in [0.4, 0.5) is 14.5 Å². The summed E-state index contributed by atoms with van der Waals surface area (Å²) >= 11 is 1.24. The van der Waals surface area contributed by atoms with Crippen LogP contribution < -0.4 is 10.1 Å². The molecule has 1 fully saturated rings. The molecule has 2 N–H and O–H groups in total. The summed E-state index contributed by atoms with van der Waals surface area (Å²) in [6, 6.07) is 15.5. The van der Waals surface area contributed by atoms with Crippen LogP contribution in [-0.2, 0) is 0 Å². The molecule has 3 aromatic carbocycles. The number of phenolic OH excluding ortho intramolecular Hbond substituents is 1. The number of halogens is 2. The molecular weight excluding hydrogens is 516 g/mol. The van der Waals surface area contributed by atoms with Gasteiger partial charge in [-0.2, -0.15) is 0 Å². The first kappa shape index (κ1) is 27.2. The van der Waals surface area contributed by atoms with Crippen LogP contribution >= 0.6 is 11.3 Å². The molecule has 1 aliphatic heterocycles. The fourth-order valence-corrected chi connectivity index (χ4v) is 6.23. The van der Waals surface area contributed by atoms with Crippen LogP contribution in [0.25, 0.3) is 10.1 Å². The van der Waals surface area contributed by atoms with E-state index in [9.17, 15) is 18.7 Å². The van der Waals surface area contributed by atoms with Crippen molar-refractivity contribution in [1.82, 2.24) is 4.90 Å². The highest BCUT2D eigenvalue weighted by atomic mass is 32.1. The lowest BCUT2D eigenvalue weighted by Gasteiger charge is -2.50. The molecule has 0 radical (unpaired) electrons. The number of nitrogens with one attached hydrogen (secondary N) is 1. The van der Waals surface area contributed by atoms with Crippen LogP contribution in [0.15, 0.2) is 54.6 Å². The van der Waals surface area contributed by atoms with E-state index in [1.165, 1.54) is 23.5 Å². The molecule has 39 heavy (non-hydrogen) atoms. The Morgan fingerprint density at radius 1 is 1.13 bits per heavy atom. The summed E-state index contributed by atoms with van der Waals surface area (Å²) in [6.45, 7) is 4.83. The Bertz CT molecular complexity index is 1510. The number of rotatable bonds is 9. The van der Waals surface area contributed by atoms with E-state index in [1.807, 2.05) is 24.3 Å². The van der Waals surface area contributed by atoms with E-state index in [0.717, 1.165) is 18.8 Å². The second-order valence-electron chi connectivity index (χ2n) is 10.8. The quantitative estimate of drug-likeness (QED) is 0.234. The van der Waals surface area contributed by atoms with Crippen molar-refractivity contribution < 1.29 is 23.4 Å². The van der Waals surface area contributed by atoms with E-state index >= 15 is 0 Å². The third-order valence-electron chi connectivity index (χ3n) is 7.45. The summed E-state index contributed by atoms with van der Waals surface area (Å²) in [7, 11) is 4.14. The van der Waals surface area contributed by atoms with E-state index in [0.29, 0.717) is 49.6 Å². The number of hydrogen-bond acceptors (Lipinski definition) is 6. The van der Waals surface area contributed by atoms with Gasteiger partial charge in [0.05, 0.1) is 12.7 Å². The van der Waals surface area contributed by atoms with Crippen LogP contribution in [0, 0.1) is 19.7 Å². The maximum absolute atomic E-state index is 13.9. The fraction of sp³-hybridized carbons (Fsp3) is 0.276. The molecule has 0 saturated carbocycles. The highest BCUT2D eigenvalue weighted by molar-refractivity contribution is 7.21. The molecule has 1 aliphatic rings. The number of ketones is 1. The third kappa shape index (κ3) is 5.54. The third-order valence-corrected chi connectivity index (χ3v) is 8.58. The minimum atomic E-state index is -0.383. The van der Waals surface area contributed by atoms with Gasteiger partial charge in [-0.1, -0.05) is 0 Å². The Balaban J connectivity index is 1.37. The van der Waals surface area contributed by atoms with Crippen LogP contribution in [0.2, 0.25) is 0 Å². The monoisotopic (exact) mass is 546 g/mol. The Hall–Kier alpha value is -3.36. The number of hydrogen-bond donors (Lipinski definition) is 2. The second kappa shape index (κ2) is 10.7. The molecule has 5 rings (SSSR count). The van der Waals surface area contributed by atoms with Gasteiger partial charge in [-0.25, -0.2) is 4.39 Å². The highest BCUT2D eigenvalue weighted by Gasteiger charge is 2.36. The number of alkyl halides is 1. The van der Waals surface area contributed by atoms with Crippen molar-refractivity contribution in [2.45, 2.75) is 31.6 Å². The molecule has 0 aliphatic carbocycles. The number of nitrogens with zero attached hydrogens (tertiary/aromatic N) is 1. The van der Waals surface area contributed by atoms with Crippen LogP contribution in [-0.4, -0.2) is 62.6 Å². The molecule has 5 nitrogen and oxygen atoms in total. The molecule has 0 spiro atoms. The molecule has 2 heterocycles. The maximum atomic E-state index is 13.9. The average molecular weight is 546 g/mol. The molecule has 0 unspecified atom stereocenters. The van der Waals surface area contributed by atoms with Gasteiger partial charge in [-0.15, -0.1) is 11.3 Å². The molecule has 0 atom stereocenters. The first-order chi connectivity index (χ1) is 18.6. The van der Waals surface area contributed by atoms with Gasteiger partial charge >= 0.3 is 0 Å². The summed E-state index contributed by atoms with van der Waals surface area (Å²) in [5.74, 6) is 0.444. The van der Waals surface area contributed by atoms with E-state index in [4.69, 9.17) is 4.74 Å². The topological polar surface area (TPSA) is 61.8 Å². The minimum Gasteiger partial charge on any atom is -0.508 e. The molecule has 200 valence electrons. The van der Waals surface area contributed by atoms with Crippen molar-refractivity contribution in [1.29, 1.82) is 0 Å². The zero-order valence-electron chi connectivity index (χ0n) is 22.5. The number of anilines is 1. The lowest BCUT2D eigenvalue weighted by atomic mass is 9.58. The Morgan fingerprint density at radius 3 is 2.44 bits per heavy atom. The van der Waals surface area contributed by atoms with Gasteiger partial charge in [0.1, 0.15) is 37.9 Å². The minimum absolute atomic E-state index is 0.0986. The van der Waals surface area contributed by atoms with Crippen molar-refractivity contribution >= 4 is 48.6 Å². The summed E-state index contributed by atoms with van der Waals surface area (Å²) in [6.07, 6.45) is 0.521. The van der Waals surface area contributed by atoms with Crippen LogP contribution in [0.5, 0.6) is 17.2 Å². The number of phenols is 1. The van der Waals surface area contributed by atoms with Crippen molar-refractivity contribution in [2.24, 2.45) is 0 Å². The number of aryl methyl sites for hydroxylation is 2. The fourth-order valence-electron chi connectivity index (χ4n) is 5.12. The van der Waals surface area contributed by atoms with Gasteiger partial charge < -0.3 is 20.1 Å². The number of carbonyl (C=O) groups excluding carboxylic acids is 1. The first-order valence-electron chi connectivity index (χ1n) is 13.0. The number of fused-ring (bicyclic) bond motifs is 1. The standard InChI is InChI=1S/C29H30B2F2N2O3S/c1-16-11-18(33)12-17(2)25(16)26(37)28-27(23-8-5-21(36)13-24(23)39-28)38-22-6-3-19(4-7-22)34-20-14-35(15-20)29(30,31)9-10-32/h3-8,11-13,20,34,36H,9-10,14-15,30-31H2,1-2H3. The normalized spacial score (nSPS) is 14.4. The lowest BCUT2D eigenvalue weighted by molar-refractivity contribution is 0.103. The maximum Gasteiger partial charge on any atom is 0.207 e. The highest BCUT2D eigenvalue weighted by Crippen LogP contribution is 2.43. The van der Waals surface area contributed by atoms with Gasteiger partial charge in [0, 0.05) is 34.4 Å². The van der Waals surface area contributed by atoms with Gasteiger partial charge in [-0.05, 0) is 91.3 Å². The SMILES string of the molecule is BC(B)(CCF)N1CC(Nc2ccc(Oc3c(C(=O)c4c(C)cc(F)cc4C)sc4cc(O)ccc34)cc2)C1. The molecular formula is C29H30B2F2N2O3S. The first-order valence-corrected chi connectivity index (χ1v) is 13.8. The molecule has 4 aromatic rings. The smallest absolute Gasteiger partial charge is 0.207 e. The Kier molecular flexibility index (Phi) is 7.44. The zero-order chi connectivity index (χ0) is 27.9. The zero-order valence-corrected chi connectivity index (χ0v) is 23.3. The van der Waals surface area contributed by atoms with Crippen molar-refractivity contribution in [3.05, 3.63) is 82.0 Å². The van der Waals surface area contributed by atoms with Gasteiger partial charge in [0.15, 0.2) is 5.75 Å². The number of thiophene rings is 1. The molecule has 0 amide bonds. The molecule has 1 aromatic heterocycles. The van der Waals surface area contributed by atoms with E-state index in [-0.39, 0.29) is 35.4 Å². The molecule has 1 saturated heterocycles. The summed E-state index contributed by atoms with van der Waals surface area (Å²) in [4.78, 5) is 16.4. The summed E-state index contributed by atoms with van der Waals surface area (Å²) < 4.78 is 33.8. The average Bonchev–Trinajstić information content (AvgIpc) is 3.18. The number of likely N-dealkylation sites (tertiary alicyclic amines) is 1. The molecule has 0 bridgehead atoms. The van der Waals surface area contributed by atoms with Gasteiger partial charge in [-0.3, -0.25) is 9.18 Å². The van der Waals surface area contributed by atoms with Gasteiger partial charge in [0.25, 0.3) is 0 Å². The van der Waals surface area contributed by atoms with Crippen molar-refractivity contribution in [2.75, 3.05) is 25.1 Å². The Labute approximate surface area is 232 Å². The molecule has 10 heteroatoms. The van der Waals surface area contributed by atoms with Crippen LogP contribution in [0.1, 0.15) is 32.8 Å². The van der Waals surface area contributed by atoms with Gasteiger partial charge in [0.2, 0.25) is 5.78 Å². The van der Waals surface area contributed by atoms with E-state index in [2.05, 4.69) is 25.9 Å². The van der Waals surface area contributed by atoms with Crippen molar-refractivity contribution in [3.63, 3.8) is 0 Å². The lowest BCUT2D eigenvalue weighted by Crippen LogP contribution is -2.65. The second-order valence-corrected chi connectivity index (χ2v) is 11.9. The number of ether oxygens (including phenoxy) is 1. The predicted molar refractivity (Wildman–Crippen MR) is 159 cm³/mol. The predicted octanol–water partition coefficient (Wildman–Crippen LogP) is 4.76. The number of carbonyl (C=O) groups is 1. The largest absolute Gasteiger partial charge is 0.508 e. The Morgan fingerprint density at radius 2 is 1.79 bits per heavy atom.